The average Bonchev–Trinajstić information content (AvgIpc) is 2.50. The lowest BCUT2D eigenvalue weighted by Gasteiger charge is -2.11. The van der Waals surface area contributed by atoms with Gasteiger partial charge in [0.15, 0.2) is 0 Å². The number of hydrogen-bond acceptors (Lipinski definition) is 2. The molecule has 0 bridgehead atoms. The molecule has 0 atom stereocenters. The van der Waals surface area contributed by atoms with E-state index in [1.807, 2.05) is 56.3 Å². The fraction of sp³-hybridized carbons (Fsp3) is 0.111. The Balaban J connectivity index is 1.99. The van der Waals surface area contributed by atoms with Crippen LogP contribution in [0.4, 0.5) is 5.69 Å². The first-order valence-corrected chi connectivity index (χ1v) is 6.86. The van der Waals surface area contributed by atoms with Gasteiger partial charge in [-0.25, -0.2) is 0 Å². The van der Waals surface area contributed by atoms with E-state index < -0.39 is 0 Å². The first-order chi connectivity index (χ1) is 10.1. The molecular weight excluding hydrogens is 260 g/mol. The fourth-order valence-corrected chi connectivity index (χ4v) is 2.37. The van der Waals surface area contributed by atoms with Crippen molar-refractivity contribution in [1.29, 1.82) is 0 Å². The number of amides is 1. The molecule has 1 aromatic heterocycles. The van der Waals surface area contributed by atoms with Gasteiger partial charge in [-0.15, -0.1) is 0 Å². The van der Waals surface area contributed by atoms with Crippen LogP contribution < -0.4 is 5.32 Å². The van der Waals surface area contributed by atoms with E-state index in [0.717, 1.165) is 27.6 Å². The van der Waals surface area contributed by atoms with Gasteiger partial charge >= 0.3 is 0 Å². The van der Waals surface area contributed by atoms with Crippen LogP contribution in [0.1, 0.15) is 21.5 Å². The smallest absolute Gasteiger partial charge is 0.256 e. The Bertz CT molecular complexity index is 819. The number of benzene rings is 2. The van der Waals surface area contributed by atoms with Gasteiger partial charge in [-0.1, -0.05) is 24.3 Å². The Morgan fingerprint density at radius 3 is 2.81 bits per heavy atom. The third-order valence-electron chi connectivity index (χ3n) is 3.57. The zero-order chi connectivity index (χ0) is 14.8. The Morgan fingerprint density at radius 2 is 1.95 bits per heavy atom. The third-order valence-corrected chi connectivity index (χ3v) is 3.57. The van der Waals surface area contributed by atoms with Gasteiger partial charge in [-0.3, -0.25) is 9.78 Å². The van der Waals surface area contributed by atoms with Crippen molar-refractivity contribution in [2.45, 2.75) is 13.8 Å². The number of pyridine rings is 1. The lowest BCUT2D eigenvalue weighted by molar-refractivity contribution is 0.102. The molecule has 1 heterocycles. The third kappa shape index (κ3) is 2.63. The Kier molecular flexibility index (Phi) is 3.40. The highest BCUT2D eigenvalue weighted by atomic mass is 16.1. The van der Waals surface area contributed by atoms with E-state index in [1.165, 1.54) is 0 Å². The van der Waals surface area contributed by atoms with Crippen LogP contribution in [0, 0.1) is 13.8 Å². The van der Waals surface area contributed by atoms with Crippen molar-refractivity contribution in [3.63, 3.8) is 0 Å². The molecule has 0 radical (unpaired) electrons. The number of nitrogens with zero attached hydrogens (tertiary/aromatic N) is 1. The number of anilines is 1. The lowest BCUT2D eigenvalue weighted by Crippen LogP contribution is -2.13. The highest BCUT2D eigenvalue weighted by Crippen LogP contribution is 2.21. The number of rotatable bonds is 2. The van der Waals surface area contributed by atoms with Gasteiger partial charge in [0.05, 0.1) is 0 Å². The van der Waals surface area contributed by atoms with Crippen molar-refractivity contribution < 1.29 is 4.79 Å². The molecule has 1 amide bonds. The van der Waals surface area contributed by atoms with E-state index in [0.29, 0.717) is 5.56 Å². The molecular formula is C18H16N2O. The number of hydrogen-bond donors (Lipinski definition) is 1. The normalized spacial score (nSPS) is 10.6. The van der Waals surface area contributed by atoms with E-state index in [9.17, 15) is 4.79 Å². The molecule has 0 aliphatic rings. The molecule has 0 saturated heterocycles. The lowest BCUT2D eigenvalue weighted by atomic mass is 10.1. The van der Waals surface area contributed by atoms with Crippen LogP contribution in [-0.4, -0.2) is 10.9 Å². The van der Waals surface area contributed by atoms with Crippen LogP contribution in [-0.2, 0) is 0 Å². The highest BCUT2D eigenvalue weighted by Gasteiger charge is 2.11. The van der Waals surface area contributed by atoms with Crippen molar-refractivity contribution in [2.75, 3.05) is 5.32 Å². The second-order valence-electron chi connectivity index (χ2n) is 5.17. The zero-order valence-corrected chi connectivity index (χ0v) is 12.1. The quantitative estimate of drug-likeness (QED) is 0.765. The largest absolute Gasteiger partial charge is 0.322 e. The minimum atomic E-state index is -0.109. The van der Waals surface area contributed by atoms with Gasteiger partial charge in [0.25, 0.3) is 5.91 Å². The van der Waals surface area contributed by atoms with Gasteiger partial charge in [-0.2, -0.15) is 0 Å². The Hall–Kier alpha value is -2.68. The van der Waals surface area contributed by atoms with Crippen molar-refractivity contribution in [3.8, 4) is 0 Å². The summed E-state index contributed by atoms with van der Waals surface area (Å²) in [4.78, 5) is 16.7. The van der Waals surface area contributed by atoms with Crippen LogP contribution in [0.5, 0.6) is 0 Å². The molecule has 21 heavy (non-hydrogen) atoms. The summed E-state index contributed by atoms with van der Waals surface area (Å²) in [6.45, 7) is 4.00. The number of fused-ring (bicyclic) bond motifs is 1. The summed E-state index contributed by atoms with van der Waals surface area (Å²) in [7, 11) is 0. The molecule has 3 heteroatoms. The van der Waals surface area contributed by atoms with Crippen LogP contribution in [0.3, 0.4) is 0 Å². The first kappa shape index (κ1) is 13.3. The topological polar surface area (TPSA) is 42.0 Å². The zero-order valence-electron chi connectivity index (χ0n) is 12.1. The molecule has 3 rings (SSSR count). The van der Waals surface area contributed by atoms with Crippen molar-refractivity contribution in [2.24, 2.45) is 0 Å². The molecule has 3 nitrogen and oxygen atoms in total. The SMILES string of the molecule is Cc1ccc(C)c(NC(=O)c2cccc3ccncc23)c1. The standard InChI is InChI=1S/C18H16N2O/c1-12-6-7-13(2)17(10-12)20-18(21)15-5-3-4-14-8-9-19-11-16(14)15/h3-11H,1-2H3,(H,20,21). The summed E-state index contributed by atoms with van der Waals surface area (Å²) in [5.41, 5.74) is 3.66. The summed E-state index contributed by atoms with van der Waals surface area (Å²) in [6, 6.07) is 13.6. The van der Waals surface area contributed by atoms with Crippen molar-refractivity contribution >= 4 is 22.4 Å². The predicted molar refractivity (Wildman–Crippen MR) is 85.6 cm³/mol. The van der Waals surface area contributed by atoms with E-state index in [4.69, 9.17) is 0 Å². The molecule has 3 aromatic rings. The molecule has 0 unspecified atom stereocenters. The van der Waals surface area contributed by atoms with Gasteiger partial charge in [0, 0.05) is 29.0 Å². The number of carbonyl (C=O) groups excluding carboxylic acids is 1. The maximum Gasteiger partial charge on any atom is 0.256 e. The molecule has 0 fully saturated rings. The van der Waals surface area contributed by atoms with E-state index in [2.05, 4.69) is 10.3 Å². The number of carbonyl (C=O) groups is 1. The summed E-state index contributed by atoms with van der Waals surface area (Å²) in [5, 5.41) is 4.87. The summed E-state index contributed by atoms with van der Waals surface area (Å²) in [5.74, 6) is -0.109. The highest BCUT2D eigenvalue weighted by molar-refractivity contribution is 6.12. The number of aromatic nitrogens is 1. The van der Waals surface area contributed by atoms with Gasteiger partial charge in [0.2, 0.25) is 0 Å². The predicted octanol–water partition coefficient (Wildman–Crippen LogP) is 4.10. The van der Waals surface area contributed by atoms with E-state index >= 15 is 0 Å². The maximum atomic E-state index is 12.6. The monoisotopic (exact) mass is 276 g/mol. The minimum absolute atomic E-state index is 0.109. The minimum Gasteiger partial charge on any atom is -0.322 e. The summed E-state index contributed by atoms with van der Waals surface area (Å²) < 4.78 is 0. The maximum absolute atomic E-state index is 12.6. The molecule has 0 aliphatic carbocycles. The molecule has 0 aliphatic heterocycles. The number of nitrogens with one attached hydrogen (secondary N) is 1. The number of aryl methyl sites for hydroxylation is 2. The van der Waals surface area contributed by atoms with Gasteiger partial charge in [-0.05, 0) is 48.6 Å². The molecule has 0 saturated carbocycles. The van der Waals surface area contributed by atoms with Crippen molar-refractivity contribution in [3.05, 3.63) is 71.5 Å². The second-order valence-corrected chi connectivity index (χ2v) is 5.17. The van der Waals surface area contributed by atoms with Gasteiger partial charge in [0.1, 0.15) is 0 Å². The summed E-state index contributed by atoms with van der Waals surface area (Å²) in [6.07, 6.45) is 3.46. The molecule has 1 N–H and O–H groups in total. The second kappa shape index (κ2) is 5.37. The fourth-order valence-electron chi connectivity index (χ4n) is 2.37. The van der Waals surface area contributed by atoms with Crippen LogP contribution >= 0.6 is 0 Å². The molecule has 104 valence electrons. The van der Waals surface area contributed by atoms with Crippen LogP contribution in [0.2, 0.25) is 0 Å². The van der Waals surface area contributed by atoms with E-state index in [-0.39, 0.29) is 5.91 Å². The Morgan fingerprint density at radius 1 is 1.10 bits per heavy atom. The molecule has 2 aromatic carbocycles. The van der Waals surface area contributed by atoms with Crippen LogP contribution in [0.25, 0.3) is 10.8 Å². The van der Waals surface area contributed by atoms with Crippen LogP contribution in [0.15, 0.2) is 54.9 Å². The average molecular weight is 276 g/mol. The first-order valence-electron chi connectivity index (χ1n) is 6.86. The Labute approximate surface area is 123 Å². The van der Waals surface area contributed by atoms with Crippen molar-refractivity contribution in [1.82, 2.24) is 4.98 Å². The van der Waals surface area contributed by atoms with Gasteiger partial charge < -0.3 is 5.32 Å². The van der Waals surface area contributed by atoms with E-state index in [1.54, 1.807) is 12.4 Å². The summed E-state index contributed by atoms with van der Waals surface area (Å²) >= 11 is 0. The molecule has 0 spiro atoms.